The number of carboxylic acids is 1. The lowest BCUT2D eigenvalue weighted by atomic mass is 9.99. The molecule has 9 nitrogen and oxygen atoms in total. The predicted molar refractivity (Wildman–Crippen MR) is 85.9 cm³/mol. The summed E-state index contributed by atoms with van der Waals surface area (Å²) in [6.07, 6.45) is 0.208. The monoisotopic (exact) mass is 346 g/mol. The molecule has 1 atom stereocenters. The molecule has 2 aromatic rings. The molecule has 25 heavy (non-hydrogen) atoms. The minimum atomic E-state index is -1.42. The first-order valence-electron chi connectivity index (χ1n) is 7.67. The van der Waals surface area contributed by atoms with E-state index < -0.39 is 17.4 Å². The van der Waals surface area contributed by atoms with Crippen molar-refractivity contribution in [2.24, 2.45) is 0 Å². The van der Waals surface area contributed by atoms with E-state index in [-0.39, 0.29) is 25.3 Å². The second-order valence-corrected chi connectivity index (χ2v) is 5.78. The number of hydrogen-bond acceptors (Lipinski definition) is 6. The summed E-state index contributed by atoms with van der Waals surface area (Å²) in [6.45, 7) is 1.90. The fraction of sp³-hybridized carbons (Fsp3) is 0.375. The third-order valence-corrected chi connectivity index (χ3v) is 4.21. The van der Waals surface area contributed by atoms with E-state index >= 15 is 0 Å². The van der Waals surface area contributed by atoms with Gasteiger partial charge in [-0.05, 0) is 31.2 Å². The van der Waals surface area contributed by atoms with Crippen LogP contribution in [0.1, 0.15) is 22.6 Å². The highest BCUT2D eigenvalue weighted by Gasteiger charge is 2.44. The van der Waals surface area contributed by atoms with Gasteiger partial charge in [0.2, 0.25) is 0 Å². The van der Waals surface area contributed by atoms with Crippen molar-refractivity contribution in [3.63, 3.8) is 0 Å². The Kier molecular flexibility index (Phi) is 4.41. The molecule has 0 spiro atoms. The Balaban J connectivity index is 1.84. The maximum Gasteiger partial charge on any atom is 0.331 e. The van der Waals surface area contributed by atoms with Gasteiger partial charge < -0.3 is 19.9 Å². The van der Waals surface area contributed by atoms with Crippen molar-refractivity contribution in [2.45, 2.75) is 18.9 Å². The number of nitrogens with one attached hydrogen (secondary N) is 1. The maximum absolute atomic E-state index is 12.5. The summed E-state index contributed by atoms with van der Waals surface area (Å²) in [5, 5.41) is 19.8. The van der Waals surface area contributed by atoms with Crippen LogP contribution < -0.4 is 10.1 Å². The number of carbonyl (C=O) groups excluding carboxylic acids is 1. The first-order chi connectivity index (χ1) is 12.0. The van der Waals surface area contributed by atoms with E-state index in [2.05, 4.69) is 15.6 Å². The fourth-order valence-corrected chi connectivity index (χ4v) is 2.67. The van der Waals surface area contributed by atoms with E-state index in [4.69, 9.17) is 9.47 Å². The lowest BCUT2D eigenvalue weighted by molar-refractivity contribution is -0.144. The lowest BCUT2D eigenvalue weighted by Gasteiger charge is -2.23. The quantitative estimate of drug-likeness (QED) is 0.812. The molecular weight excluding hydrogens is 328 g/mol. The highest BCUT2D eigenvalue weighted by atomic mass is 16.5. The number of carbonyl (C=O) groups is 2. The SMILES string of the molecule is COc1ccc(-n2nnc(C(=O)NC3(C(=O)O)CCOC3)c2C)cc1. The number of rotatable bonds is 5. The van der Waals surface area contributed by atoms with Gasteiger partial charge in [-0.15, -0.1) is 5.10 Å². The van der Waals surface area contributed by atoms with Crippen LogP contribution in [0.4, 0.5) is 0 Å². The zero-order chi connectivity index (χ0) is 18.0. The standard InChI is InChI=1S/C16H18N4O5/c1-10-13(14(21)17-16(15(22)23)7-8-25-9-16)18-19-20(10)11-3-5-12(24-2)6-4-11/h3-6H,7-9H2,1-2H3,(H,17,21)(H,22,23). The number of ether oxygens (including phenoxy) is 2. The molecule has 1 aliphatic heterocycles. The molecule has 0 aliphatic carbocycles. The molecule has 1 aromatic heterocycles. The molecule has 3 rings (SSSR count). The van der Waals surface area contributed by atoms with Gasteiger partial charge in [-0.2, -0.15) is 0 Å². The summed E-state index contributed by atoms with van der Waals surface area (Å²) >= 11 is 0. The largest absolute Gasteiger partial charge is 0.497 e. The topological polar surface area (TPSA) is 116 Å². The van der Waals surface area contributed by atoms with Gasteiger partial charge in [-0.1, -0.05) is 5.21 Å². The van der Waals surface area contributed by atoms with Gasteiger partial charge in [0.25, 0.3) is 5.91 Å². The Labute approximate surface area is 143 Å². The molecule has 1 aliphatic rings. The average molecular weight is 346 g/mol. The predicted octanol–water partition coefficient (Wildman–Crippen LogP) is 0.558. The minimum absolute atomic E-state index is 0.0697. The Morgan fingerprint density at radius 3 is 2.64 bits per heavy atom. The van der Waals surface area contributed by atoms with Crippen molar-refractivity contribution in [3.05, 3.63) is 35.7 Å². The van der Waals surface area contributed by atoms with E-state index in [9.17, 15) is 14.7 Å². The van der Waals surface area contributed by atoms with Crippen LogP contribution in [-0.4, -0.2) is 57.8 Å². The Hall–Kier alpha value is -2.94. The Morgan fingerprint density at radius 2 is 2.08 bits per heavy atom. The van der Waals surface area contributed by atoms with Crippen LogP contribution in [-0.2, 0) is 9.53 Å². The summed E-state index contributed by atoms with van der Waals surface area (Å²) in [5.41, 5.74) is -0.139. The van der Waals surface area contributed by atoms with Crippen LogP contribution in [0.3, 0.4) is 0 Å². The number of hydrogen-bond donors (Lipinski definition) is 2. The van der Waals surface area contributed by atoms with Crippen molar-refractivity contribution in [2.75, 3.05) is 20.3 Å². The molecule has 2 heterocycles. The maximum atomic E-state index is 12.5. The number of amides is 1. The number of aliphatic carboxylic acids is 1. The molecule has 0 radical (unpaired) electrons. The highest BCUT2D eigenvalue weighted by Crippen LogP contribution is 2.21. The number of benzene rings is 1. The van der Waals surface area contributed by atoms with Crippen LogP contribution in [0.15, 0.2) is 24.3 Å². The van der Waals surface area contributed by atoms with Gasteiger partial charge in [0.1, 0.15) is 5.75 Å². The molecule has 132 valence electrons. The molecule has 1 unspecified atom stereocenters. The van der Waals surface area contributed by atoms with Crippen molar-refractivity contribution in [1.29, 1.82) is 0 Å². The Bertz CT molecular complexity index is 793. The van der Waals surface area contributed by atoms with Crippen LogP contribution >= 0.6 is 0 Å². The molecule has 1 amide bonds. The van der Waals surface area contributed by atoms with Crippen LogP contribution in [0, 0.1) is 6.92 Å². The van der Waals surface area contributed by atoms with E-state index in [1.165, 1.54) is 4.68 Å². The summed E-state index contributed by atoms with van der Waals surface area (Å²) in [6, 6.07) is 7.11. The summed E-state index contributed by atoms with van der Waals surface area (Å²) < 4.78 is 11.8. The average Bonchev–Trinajstić information content (AvgIpc) is 3.22. The highest BCUT2D eigenvalue weighted by molar-refractivity contribution is 5.97. The molecule has 0 saturated carbocycles. The normalized spacial score (nSPS) is 19.6. The number of aromatic nitrogens is 3. The van der Waals surface area contributed by atoms with Gasteiger partial charge >= 0.3 is 5.97 Å². The lowest BCUT2D eigenvalue weighted by Crippen LogP contribution is -2.55. The zero-order valence-electron chi connectivity index (χ0n) is 13.9. The van der Waals surface area contributed by atoms with E-state index in [0.717, 1.165) is 0 Å². The first kappa shape index (κ1) is 16.9. The van der Waals surface area contributed by atoms with Crippen molar-refractivity contribution >= 4 is 11.9 Å². The number of carboxylic acid groups (broad SMARTS) is 1. The van der Waals surface area contributed by atoms with Crippen LogP contribution in [0.5, 0.6) is 5.75 Å². The van der Waals surface area contributed by atoms with Crippen LogP contribution in [0.25, 0.3) is 5.69 Å². The van der Waals surface area contributed by atoms with Gasteiger partial charge in [-0.3, -0.25) is 4.79 Å². The molecule has 9 heteroatoms. The van der Waals surface area contributed by atoms with Crippen molar-refractivity contribution < 1.29 is 24.2 Å². The molecule has 1 saturated heterocycles. The van der Waals surface area contributed by atoms with E-state index in [1.54, 1.807) is 38.3 Å². The third-order valence-electron chi connectivity index (χ3n) is 4.21. The van der Waals surface area contributed by atoms with Crippen LogP contribution in [0.2, 0.25) is 0 Å². The summed E-state index contributed by atoms with van der Waals surface area (Å²) in [4.78, 5) is 24.0. The van der Waals surface area contributed by atoms with E-state index in [0.29, 0.717) is 17.1 Å². The van der Waals surface area contributed by atoms with Crippen molar-refractivity contribution in [3.8, 4) is 11.4 Å². The fourth-order valence-electron chi connectivity index (χ4n) is 2.67. The van der Waals surface area contributed by atoms with Gasteiger partial charge in [0, 0.05) is 13.0 Å². The van der Waals surface area contributed by atoms with Crippen molar-refractivity contribution in [1.82, 2.24) is 20.3 Å². The number of nitrogens with zero attached hydrogens (tertiary/aromatic N) is 3. The van der Waals surface area contributed by atoms with Gasteiger partial charge in [0.15, 0.2) is 11.2 Å². The second-order valence-electron chi connectivity index (χ2n) is 5.78. The number of methoxy groups -OCH3 is 1. The van der Waals surface area contributed by atoms with E-state index in [1.807, 2.05) is 0 Å². The van der Waals surface area contributed by atoms with Gasteiger partial charge in [0.05, 0.1) is 25.1 Å². The zero-order valence-corrected chi connectivity index (χ0v) is 13.9. The smallest absolute Gasteiger partial charge is 0.331 e. The second kappa shape index (κ2) is 6.52. The molecule has 1 aromatic carbocycles. The molecule has 1 fully saturated rings. The molecular formula is C16H18N4O5. The summed E-state index contributed by atoms with van der Waals surface area (Å²) in [7, 11) is 1.57. The minimum Gasteiger partial charge on any atom is -0.497 e. The Morgan fingerprint density at radius 1 is 1.36 bits per heavy atom. The molecule has 0 bridgehead atoms. The first-order valence-corrected chi connectivity index (χ1v) is 7.67. The van der Waals surface area contributed by atoms with Gasteiger partial charge in [-0.25, -0.2) is 9.48 Å². The molecule has 2 N–H and O–H groups in total. The third kappa shape index (κ3) is 3.05. The summed E-state index contributed by atoms with van der Waals surface area (Å²) in [5.74, 6) is -1.02.